The summed E-state index contributed by atoms with van der Waals surface area (Å²) >= 11 is 0. The zero-order chi connectivity index (χ0) is 35.4. The molecule has 0 heterocycles. The first-order valence-electron chi connectivity index (χ1n) is 15.9. The van der Waals surface area contributed by atoms with E-state index >= 15 is 0 Å². The Kier molecular flexibility index (Phi) is 13.9. The third-order valence-electron chi connectivity index (χ3n) is 6.86. The molecule has 0 fully saturated rings. The van der Waals surface area contributed by atoms with Crippen molar-refractivity contribution in [3.8, 4) is 28.7 Å². The van der Waals surface area contributed by atoms with Crippen molar-refractivity contribution in [3.05, 3.63) is 86.5 Å². The zero-order valence-corrected chi connectivity index (χ0v) is 29.0. The van der Waals surface area contributed by atoms with Gasteiger partial charge in [0.05, 0.1) is 43.0 Å². The molecule has 12 heteroatoms. The molecule has 260 valence electrons. The minimum Gasteiger partial charge on any atom is -0.493 e. The molecule has 2 N–H and O–H groups in total. The van der Waals surface area contributed by atoms with Gasteiger partial charge in [-0.15, -0.1) is 0 Å². The van der Waals surface area contributed by atoms with E-state index in [-0.39, 0.29) is 43.6 Å². The van der Waals surface area contributed by atoms with Gasteiger partial charge < -0.3 is 34.2 Å². The Hall–Kier alpha value is -5.00. The maximum Gasteiger partial charge on any atom is 0.310 e. The number of esters is 1. The number of hydrogen-bond donors (Lipinski definition) is 1. The second-order valence-corrected chi connectivity index (χ2v) is 12.3. The summed E-state index contributed by atoms with van der Waals surface area (Å²) in [5.41, 5.74) is 9.46. The van der Waals surface area contributed by atoms with Crippen molar-refractivity contribution in [1.29, 1.82) is 0 Å². The molecule has 0 saturated heterocycles. The van der Waals surface area contributed by atoms with Gasteiger partial charge in [0.2, 0.25) is 5.84 Å². The maximum atomic E-state index is 12.1. The van der Waals surface area contributed by atoms with Crippen LogP contribution in [0.3, 0.4) is 0 Å². The Morgan fingerprint density at radius 3 is 1.98 bits per heavy atom. The van der Waals surface area contributed by atoms with E-state index in [1.807, 2.05) is 46.8 Å². The summed E-state index contributed by atoms with van der Waals surface area (Å²) in [6.07, 6.45) is 0.607. The molecule has 3 aromatic carbocycles. The molecule has 3 aromatic rings. The smallest absolute Gasteiger partial charge is 0.310 e. The first-order chi connectivity index (χ1) is 22.7. The summed E-state index contributed by atoms with van der Waals surface area (Å²) in [5.74, 6) is 2.40. The largest absolute Gasteiger partial charge is 0.493 e. The third kappa shape index (κ3) is 11.7. The number of hydrogen-bond acceptors (Lipinski definition) is 9. The van der Waals surface area contributed by atoms with Gasteiger partial charge >= 0.3 is 5.97 Å². The minimum atomic E-state index is -0.851. The van der Waals surface area contributed by atoms with Crippen molar-refractivity contribution in [2.75, 3.05) is 13.7 Å². The number of rotatable bonds is 18. The monoisotopic (exact) mass is 665 g/mol. The number of methoxy groups -OCH3 is 1. The fourth-order valence-electron chi connectivity index (χ4n) is 4.72. The summed E-state index contributed by atoms with van der Waals surface area (Å²) < 4.78 is 35.5. The fourth-order valence-corrected chi connectivity index (χ4v) is 4.72. The van der Waals surface area contributed by atoms with E-state index in [2.05, 4.69) is 18.9 Å². The van der Waals surface area contributed by atoms with Gasteiger partial charge in [-0.25, -0.2) is 10.1 Å². The van der Waals surface area contributed by atoms with Crippen LogP contribution in [0.1, 0.15) is 75.8 Å². The summed E-state index contributed by atoms with van der Waals surface area (Å²) in [5, 5.41) is 13.3. The SMILES string of the molecule is COC(=O)Cc1cc(OCc2cc(C)cc(COc3ccc(/C(N)=N/[N+](=O)[O-])c(OC(C)C)c3)c2OCCC(C)C)ccc1OC(C)C. The lowest BCUT2D eigenvalue weighted by Gasteiger charge is -2.20. The number of carbonyl (C=O) groups excluding carboxylic acids is 1. The summed E-state index contributed by atoms with van der Waals surface area (Å²) in [6.45, 7) is 14.6. The van der Waals surface area contributed by atoms with Gasteiger partial charge in [-0.1, -0.05) is 19.4 Å². The Morgan fingerprint density at radius 1 is 0.833 bits per heavy atom. The molecule has 0 radical (unpaired) electrons. The van der Waals surface area contributed by atoms with E-state index in [0.29, 0.717) is 52.4 Å². The number of ether oxygens (including phenoxy) is 6. The highest BCUT2D eigenvalue weighted by Gasteiger charge is 2.18. The van der Waals surface area contributed by atoms with Crippen LogP contribution in [-0.4, -0.2) is 42.8 Å². The standard InChI is InChI=1S/C36H47N3O9/c1-22(2)13-14-44-35-27(20-45-29-10-12-32(47-23(3)4)26(17-29)18-34(40)43-8)15-25(7)16-28(35)21-46-30-9-11-31(36(37)38-39(41)42)33(19-30)48-24(5)6/h9-12,15-17,19,22-24H,13-14,18,20-21H2,1-8H3,(H2,37,38). The molecule has 0 saturated carbocycles. The molecule has 0 spiro atoms. The average Bonchev–Trinajstić information content (AvgIpc) is 2.99. The quantitative estimate of drug-likeness (QED) is 0.0506. The number of hydrazone groups is 1. The Labute approximate surface area is 282 Å². The summed E-state index contributed by atoms with van der Waals surface area (Å²) in [4.78, 5) is 23.0. The Morgan fingerprint density at radius 2 is 1.42 bits per heavy atom. The van der Waals surface area contributed by atoms with Gasteiger partial charge in [0.25, 0.3) is 0 Å². The van der Waals surface area contributed by atoms with Gasteiger partial charge in [0.1, 0.15) is 42.0 Å². The predicted molar refractivity (Wildman–Crippen MR) is 183 cm³/mol. The van der Waals surface area contributed by atoms with E-state index < -0.39 is 5.03 Å². The van der Waals surface area contributed by atoms with Crippen LogP contribution >= 0.6 is 0 Å². The van der Waals surface area contributed by atoms with Crippen LogP contribution in [0.25, 0.3) is 0 Å². The lowest BCUT2D eigenvalue weighted by molar-refractivity contribution is -0.485. The molecule has 3 rings (SSSR count). The van der Waals surface area contributed by atoms with Crippen LogP contribution in [0.15, 0.2) is 53.6 Å². The number of aryl methyl sites for hydroxylation is 1. The van der Waals surface area contributed by atoms with Gasteiger partial charge in [0, 0.05) is 22.8 Å². The molecule has 48 heavy (non-hydrogen) atoms. The Balaban J connectivity index is 1.92. The van der Waals surface area contributed by atoms with Crippen LogP contribution < -0.4 is 29.4 Å². The molecule has 0 aliphatic carbocycles. The second kappa shape index (κ2) is 17.8. The van der Waals surface area contributed by atoms with Crippen LogP contribution in [0.5, 0.6) is 28.7 Å². The number of nitro groups is 1. The highest BCUT2D eigenvalue weighted by Crippen LogP contribution is 2.32. The van der Waals surface area contributed by atoms with Crippen molar-refractivity contribution in [2.45, 2.75) is 86.7 Å². The first kappa shape index (κ1) is 37.5. The van der Waals surface area contributed by atoms with Crippen molar-refractivity contribution in [3.63, 3.8) is 0 Å². The second-order valence-electron chi connectivity index (χ2n) is 12.3. The van der Waals surface area contributed by atoms with Crippen molar-refractivity contribution in [1.82, 2.24) is 0 Å². The van der Waals surface area contributed by atoms with E-state index in [4.69, 9.17) is 34.2 Å². The first-order valence-corrected chi connectivity index (χ1v) is 15.9. The van der Waals surface area contributed by atoms with Gasteiger partial charge in [0.15, 0.2) is 5.03 Å². The van der Waals surface area contributed by atoms with Crippen LogP contribution in [0.4, 0.5) is 0 Å². The van der Waals surface area contributed by atoms with Gasteiger partial charge in [-0.05, 0) is 89.4 Å². The molecule has 0 aliphatic rings. The van der Waals surface area contributed by atoms with Gasteiger partial charge in [-0.2, -0.15) is 0 Å². The molecular formula is C36H47N3O9. The summed E-state index contributed by atoms with van der Waals surface area (Å²) in [7, 11) is 1.35. The van der Waals surface area contributed by atoms with E-state index in [1.165, 1.54) is 7.11 Å². The Bertz CT molecular complexity index is 1590. The van der Waals surface area contributed by atoms with Crippen molar-refractivity contribution in [2.24, 2.45) is 16.8 Å². The van der Waals surface area contributed by atoms with Crippen LogP contribution in [0.2, 0.25) is 0 Å². The minimum absolute atomic E-state index is 0.0469. The lowest BCUT2D eigenvalue weighted by Crippen LogP contribution is -2.18. The molecule has 12 nitrogen and oxygen atoms in total. The molecule has 0 bridgehead atoms. The predicted octanol–water partition coefficient (Wildman–Crippen LogP) is 6.76. The third-order valence-corrected chi connectivity index (χ3v) is 6.86. The number of amidine groups is 1. The number of carbonyl (C=O) groups is 1. The molecular weight excluding hydrogens is 618 g/mol. The number of nitrogens with zero attached hydrogens (tertiary/aromatic N) is 2. The topological polar surface area (TPSA) is 154 Å². The highest BCUT2D eigenvalue weighted by molar-refractivity contribution is 5.99. The molecule has 0 aromatic heterocycles. The normalized spacial score (nSPS) is 11.5. The zero-order valence-electron chi connectivity index (χ0n) is 29.0. The van der Waals surface area contributed by atoms with Crippen molar-refractivity contribution < 1.29 is 38.2 Å². The maximum absolute atomic E-state index is 12.1. The van der Waals surface area contributed by atoms with E-state index in [1.54, 1.807) is 36.4 Å². The highest BCUT2D eigenvalue weighted by atomic mass is 16.7. The van der Waals surface area contributed by atoms with Crippen LogP contribution in [0, 0.1) is 23.0 Å². The average molecular weight is 666 g/mol. The molecule has 0 aliphatic heterocycles. The molecule has 0 amide bonds. The lowest BCUT2D eigenvalue weighted by atomic mass is 10.0. The van der Waals surface area contributed by atoms with E-state index in [9.17, 15) is 14.9 Å². The van der Waals surface area contributed by atoms with Crippen LogP contribution in [-0.2, 0) is 29.2 Å². The number of nitrogens with two attached hydrogens (primary N) is 1. The fraction of sp³-hybridized carbons (Fsp3) is 0.444. The van der Waals surface area contributed by atoms with Crippen molar-refractivity contribution >= 4 is 11.8 Å². The molecule has 0 atom stereocenters. The molecule has 0 unspecified atom stereocenters. The summed E-state index contributed by atoms with van der Waals surface area (Å²) in [6, 6.07) is 14.3. The number of benzene rings is 3. The van der Waals surface area contributed by atoms with E-state index in [0.717, 1.165) is 23.1 Å². The van der Waals surface area contributed by atoms with Gasteiger partial charge in [-0.3, -0.25) is 4.79 Å².